The van der Waals surface area contributed by atoms with Crippen molar-refractivity contribution in [1.82, 2.24) is 19.9 Å². The Balaban J connectivity index is 1.26. The van der Waals surface area contributed by atoms with E-state index >= 15 is 0 Å². The molecule has 4 aromatic rings. The number of aryl methyl sites for hydroxylation is 1. The maximum absolute atomic E-state index is 13.1. The van der Waals surface area contributed by atoms with Crippen LogP contribution in [0.2, 0.25) is 0 Å². The van der Waals surface area contributed by atoms with Crippen LogP contribution in [-0.2, 0) is 23.1 Å². The van der Waals surface area contributed by atoms with Crippen molar-refractivity contribution < 1.29 is 23.1 Å². The number of rotatable bonds is 7. The zero-order valence-electron chi connectivity index (χ0n) is 22.7. The molecule has 0 saturated heterocycles. The van der Waals surface area contributed by atoms with Crippen LogP contribution in [0.25, 0.3) is 10.4 Å². The SMILES string of the molecule is Cc1cc(Nc2nccc(C(F)(F)F)n2)cc(-c2cnc(C3(O)CCC(C(=O)N(C)Cc4ccccc4)CC3)s2)c1. The summed E-state index contributed by atoms with van der Waals surface area (Å²) < 4.78 is 39.2. The number of carbonyl (C=O) groups excluding carboxylic acids is 1. The van der Waals surface area contributed by atoms with Crippen molar-refractivity contribution in [1.29, 1.82) is 0 Å². The third kappa shape index (κ3) is 6.74. The van der Waals surface area contributed by atoms with Gasteiger partial charge in [0.15, 0.2) is 0 Å². The highest BCUT2D eigenvalue weighted by Gasteiger charge is 2.40. The first-order chi connectivity index (χ1) is 19.5. The van der Waals surface area contributed by atoms with Crippen LogP contribution in [0.5, 0.6) is 0 Å². The van der Waals surface area contributed by atoms with Crippen molar-refractivity contribution in [2.75, 3.05) is 12.4 Å². The number of carbonyl (C=O) groups is 1. The van der Waals surface area contributed by atoms with Gasteiger partial charge in [0.05, 0.1) is 4.88 Å². The molecule has 7 nitrogen and oxygen atoms in total. The van der Waals surface area contributed by atoms with E-state index in [4.69, 9.17) is 0 Å². The van der Waals surface area contributed by atoms with Gasteiger partial charge in [-0.2, -0.15) is 13.2 Å². The summed E-state index contributed by atoms with van der Waals surface area (Å²) in [5, 5.41) is 14.9. The molecule has 1 aliphatic carbocycles. The molecule has 0 spiro atoms. The maximum atomic E-state index is 13.1. The average Bonchev–Trinajstić information content (AvgIpc) is 3.45. The summed E-state index contributed by atoms with van der Waals surface area (Å²) >= 11 is 1.37. The molecule has 1 amide bonds. The average molecular weight is 582 g/mol. The number of alkyl halides is 3. The molecular weight excluding hydrogens is 551 g/mol. The minimum absolute atomic E-state index is 0.0836. The van der Waals surface area contributed by atoms with Gasteiger partial charge in [0.1, 0.15) is 16.3 Å². The van der Waals surface area contributed by atoms with Crippen molar-refractivity contribution >= 4 is 28.9 Å². The molecule has 0 bridgehead atoms. The van der Waals surface area contributed by atoms with Gasteiger partial charge in [-0.05, 0) is 67.5 Å². The molecule has 5 rings (SSSR count). The maximum Gasteiger partial charge on any atom is 0.433 e. The van der Waals surface area contributed by atoms with E-state index in [1.165, 1.54) is 11.3 Å². The molecule has 11 heteroatoms. The van der Waals surface area contributed by atoms with Crippen LogP contribution in [0.3, 0.4) is 0 Å². The fourth-order valence-corrected chi connectivity index (χ4v) is 6.18. The van der Waals surface area contributed by atoms with Crippen LogP contribution in [0.15, 0.2) is 67.0 Å². The van der Waals surface area contributed by atoms with E-state index in [0.29, 0.717) is 42.9 Å². The van der Waals surface area contributed by atoms with Gasteiger partial charge >= 0.3 is 6.18 Å². The van der Waals surface area contributed by atoms with Gasteiger partial charge in [-0.3, -0.25) is 4.79 Å². The van der Waals surface area contributed by atoms with E-state index in [2.05, 4.69) is 20.3 Å². The van der Waals surface area contributed by atoms with Crippen LogP contribution >= 0.6 is 11.3 Å². The van der Waals surface area contributed by atoms with Crippen LogP contribution in [0.1, 0.15) is 47.5 Å². The molecular formula is C30H30F3N5O2S. The Morgan fingerprint density at radius 3 is 2.56 bits per heavy atom. The number of anilines is 2. The molecule has 2 N–H and O–H groups in total. The zero-order valence-corrected chi connectivity index (χ0v) is 23.5. The fraction of sp³-hybridized carbons (Fsp3) is 0.333. The lowest BCUT2D eigenvalue weighted by atomic mass is 9.78. The van der Waals surface area contributed by atoms with Gasteiger partial charge < -0.3 is 15.3 Å². The zero-order chi connectivity index (χ0) is 29.2. The van der Waals surface area contributed by atoms with E-state index in [1.54, 1.807) is 23.2 Å². The van der Waals surface area contributed by atoms with Crippen molar-refractivity contribution in [3.05, 3.63) is 88.8 Å². The summed E-state index contributed by atoms with van der Waals surface area (Å²) in [5.41, 5.74) is 1.15. The smallest absolute Gasteiger partial charge is 0.383 e. The largest absolute Gasteiger partial charge is 0.433 e. The number of aliphatic hydroxyl groups is 1. The van der Waals surface area contributed by atoms with Crippen LogP contribution < -0.4 is 5.32 Å². The number of aromatic nitrogens is 3. The third-order valence-corrected chi connectivity index (χ3v) is 8.51. The minimum Gasteiger partial charge on any atom is -0.383 e. The van der Waals surface area contributed by atoms with Gasteiger partial charge in [-0.15, -0.1) is 11.3 Å². The first-order valence-corrected chi connectivity index (χ1v) is 14.1. The summed E-state index contributed by atoms with van der Waals surface area (Å²) in [7, 11) is 1.81. The van der Waals surface area contributed by atoms with Crippen molar-refractivity contribution in [3.63, 3.8) is 0 Å². The number of benzene rings is 2. The highest BCUT2D eigenvalue weighted by atomic mass is 32.1. The van der Waals surface area contributed by atoms with E-state index in [-0.39, 0.29) is 17.8 Å². The first-order valence-electron chi connectivity index (χ1n) is 13.3. The predicted molar refractivity (Wildman–Crippen MR) is 151 cm³/mol. The predicted octanol–water partition coefficient (Wildman–Crippen LogP) is 6.71. The minimum atomic E-state index is -4.57. The van der Waals surface area contributed by atoms with Gasteiger partial charge in [-0.25, -0.2) is 15.0 Å². The second-order valence-corrected chi connectivity index (χ2v) is 11.5. The second-order valence-electron chi connectivity index (χ2n) is 10.5. The topological polar surface area (TPSA) is 91.2 Å². The number of halogens is 3. The Hall–Kier alpha value is -3.83. The molecule has 1 saturated carbocycles. The van der Waals surface area contributed by atoms with Gasteiger partial charge in [0, 0.05) is 37.6 Å². The number of amides is 1. The Morgan fingerprint density at radius 2 is 1.85 bits per heavy atom. The third-order valence-electron chi connectivity index (χ3n) is 7.27. The highest BCUT2D eigenvalue weighted by Crippen LogP contribution is 2.43. The van der Waals surface area contributed by atoms with Gasteiger partial charge in [0.25, 0.3) is 0 Å². The monoisotopic (exact) mass is 581 g/mol. The van der Waals surface area contributed by atoms with Crippen molar-refractivity contribution in [3.8, 4) is 10.4 Å². The van der Waals surface area contributed by atoms with Crippen molar-refractivity contribution in [2.45, 2.75) is 50.9 Å². The number of nitrogens with zero attached hydrogens (tertiary/aromatic N) is 4. The normalized spacial score (nSPS) is 19.1. The molecule has 41 heavy (non-hydrogen) atoms. The molecule has 0 aliphatic heterocycles. The van der Waals surface area contributed by atoms with Crippen LogP contribution in [-0.4, -0.2) is 37.9 Å². The first kappa shape index (κ1) is 28.7. The summed E-state index contributed by atoms with van der Waals surface area (Å²) in [6.45, 7) is 2.42. The van der Waals surface area contributed by atoms with Crippen LogP contribution in [0, 0.1) is 12.8 Å². The molecule has 0 radical (unpaired) electrons. The molecule has 1 fully saturated rings. The van der Waals surface area contributed by atoms with E-state index in [0.717, 1.165) is 33.8 Å². The standard InChI is InChI=1S/C30H30F3N5O2S/c1-19-14-22(16-23(15-19)36-28-34-13-10-25(37-28)30(31,32)33)24-17-35-27(41-24)29(40)11-8-21(9-12-29)26(39)38(2)18-20-6-4-3-5-7-20/h3-7,10,13-17,21,40H,8-9,11-12,18H2,1-2H3,(H,34,36,37). The number of hydrogen-bond acceptors (Lipinski definition) is 7. The highest BCUT2D eigenvalue weighted by molar-refractivity contribution is 7.15. The number of nitrogens with one attached hydrogen (secondary N) is 1. The molecule has 2 aromatic heterocycles. The lowest BCUT2D eigenvalue weighted by Gasteiger charge is -2.35. The van der Waals surface area contributed by atoms with E-state index in [9.17, 15) is 23.1 Å². The Labute approximate surface area is 240 Å². The quantitative estimate of drug-likeness (QED) is 0.252. The Morgan fingerprint density at radius 1 is 1.12 bits per heavy atom. The molecule has 2 heterocycles. The van der Waals surface area contributed by atoms with Gasteiger partial charge in [-0.1, -0.05) is 36.4 Å². The summed E-state index contributed by atoms with van der Waals surface area (Å²) in [4.78, 5) is 27.6. The molecule has 214 valence electrons. The lowest BCUT2D eigenvalue weighted by Crippen LogP contribution is -2.38. The molecule has 0 unspecified atom stereocenters. The number of hydrogen-bond donors (Lipinski definition) is 2. The van der Waals surface area contributed by atoms with Crippen LogP contribution in [0.4, 0.5) is 24.8 Å². The molecule has 0 atom stereocenters. The summed E-state index contributed by atoms with van der Waals surface area (Å²) in [6.07, 6.45) is 0.196. The fourth-order valence-electron chi connectivity index (χ4n) is 5.13. The van der Waals surface area contributed by atoms with E-state index in [1.807, 2.05) is 50.4 Å². The van der Waals surface area contributed by atoms with Crippen molar-refractivity contribution in [2.24, 2.45) is 5.92 Å². The summed E-state index contributed by atoms with van der Waals surface area (Å²) in [6, 6.07) is 16.2. The van der Waals surface area contributed by atoms with Gasteiger partial charge in [0.2, 0.25) is 11.9 Å². The summed E-state index contributed by atoms with van der Waals surface area (Å²) in [5.74, 6) is -0.219. The number of thiazole rings is 1. The Kier molecular flexibility index (Phi) is 8.10. The Bertz CT molecular complexity index is 1520. The molecule has 2 aromatic carbocycles. The molecule has 1 aliphatic rings. The lowest BCUT2D eigenvalue weighted by molar-refractivity contribution is -0.141. The second kappa shape index (κ2) is 11.6. The van der Waals surface area contributed by atoms with E-state index < -0.39 is 17.5 Å².